The lowest BCUT2D eigenvalue weighted by Crippen LogP contribution is -2.53. The van der Waals surface area contributed by atoms with E-state index in [1.165, 1.54) is 58.3 Å². The van der Waals surface area contributed by atoms with Gasteiger partial charge in [-0.3, -0.25) is 4.90 Å². The zero-order chi connectivity index (χ0) is 13.5. The highest BCUT2D eigenvalue weighted by Crippen LogP contribution is 2.25. The van der Waals surface area contributed by atoms with Gasteiger partial charge in [0.1, 0.15) is 0 Å². The second-order valence-electron chi connectivity index (χ2n) is 6.35. The molecule has 0 aromatic carbocycles. The summed E-state index contributed by atoms with van der Waals surface area (Å²) in [5.74, 6) is 0.982. The second kappa shape index (κ2) is 8.23. The highest BCUT2D eigenvalue weighted by Gasteiger charge is 2.25. The molecule has 0 spiro atoms. The van der Waals surface area contributed by atoms with Crippen molar-refractivity contribution >= 4 is 0 Å². The third kappa shape index (κ3) is 5.05. The Balaban J connectivity index is 1.66. The Morgan fingerprint density at radius 3 is 2.58 bits per heavy atom. The molecule has 1 saturated carbocycles. The van der Waals surface area contributed by atoms with Crippen molar-refractivity contribution in [1.29, 1.82) is 0 Å². The Morgan fingerprint density at radius 1 is 1.11 bits per heavy atom. The smallest absolute Gasteiger partial charge is 0.0593 e. The predicted octanol–water partition coefficient (Wildman–Crippen LogP) is 2.61. The van der Waals surface area contributed by atoms with E-state index in [9.17, 15) is 0 Å². The van der Waals surface area contributed by atoms with Crippen LogP contribution in [0, 0.1) is 5.92 Å². The van der Waals surface area contributed by atoms with Crippen molar-refractivity contribution in [3.63, 3.8) is 0 Å². The minimum Gasteiger partial charge on any atom is -0.380 e. The molecule has 0 aromatic rings. The van der Waals surface area contributed by atoms with Gasteiger partial charge in [-0.1, -0.05) is 19.3 Å². The molecule has 0 bridgehead atoms. The van der Waals surface area contributed by atoms with Crippen LogP contribution in [0.5, 0.6) is 0 Å². The molecule has 1 aliphatic heterocycles. The van der Waals surface area contributed by atoms with Crippen LogP contribution in [0.2, 0.25) is 0 Å². The molecule has 112 valence electrons. The van der Waals surface area contributed by atoms with Crippen LogP contribution in [-0.4, -0.2) is 61.8 Å². The maximum atomic E-state index is 5.48. The van der Waals surface area contributed by atoms with Crippen LogP contribution in [0.25, 0.3) is 0 Å². The van der Waals surface area contributed by atoms with E-state index in [2.05, 4.69) is 23.6 Å². The van der Waals surface area contributed by atoms with Crippen molar-refractivity contribution in [1.82, 2.24) is 9.80 Å². The van der Waals surface area contributed by atoms with Crippen LogP contribution < -0.4 is 0 Å². The van der Waals surface area contributed by atoms with Crippen molar-refractivity contribution in [2.24, 2.45) is 5.92 Å². The number of ether oxygens (including phenoxy) is 1. The molecule has 2 aliphatic rings. The molecule has 2 rings (SSSR count). The molecule has 0 amide bonds. The molecule has 1 unspecified atom stereocenters. The van der Waals surface area contributed by atoms with Gasteiger partial charge in [0, 0.05) is 45.4 Å². The Bertz CT molecular complexity index is 241. The molecule has 19 heavy (non-hydrogen) atoms. The maximum absolute atomic E-state index is 5.48. The first-order valence-electron chi connectivity index (χ1n) is 8.33. The van der Waals surface area contributed by atoms with Crippen LogP contribution in [0.4, 0.5) is 0 Å². The zero-order valence-corrected chi connectivity index (χ0v) is 12.9. The van der Waals surface area contributed by atoms with Gasteiger partial charge in [0.25, 0.3) is 0 Å². The minimum absolute atomic E-state index is 0.692. The second-order valence-corrected chi connectivity index (χ2v) is 6.35. The van der Waals surface area contributed by atoms with Gasteiger partial charge in [0.05, 0.1) is 6.61 Å². The van der Waals surface area contributed by atoms with E-state index in [1.807, 2.05) is 0 Å². The topological polar surface area (TPSA) is 15.7 Å². The van der Waals surface area contributed by atoms with Crippen LogP contribution in [0.3, 0.4) is 0 Å². The molecule has 0 N–H and O–H groups in total. The SMILES string of the molecule is CCOCCN1CCN(CC2CCCCC2)CC1C. The number of rotatable bonds is 6. The monoisotopic (exact) mass is 268 g/mol. The fourth-order valence-electron chi connectivity index (χ4n) is 3.63. The fourth-order valence-corrected chi connectivity index (χ4v) is 3.63. The summed E-state index contributed by atoms with van der Waals surface area (Å²) in [6.45, 7) is 12.4. The summed E-state index contributed by atoms with van der Waals surface area (Å²) in [7, 11) is 0. The number of hydrogen-bond acceptors (Lipinski definition) is 3. The van der Waals surface area contributed by atoms with E-state index in [-0.39, 0.29) is 0 Å². The molecule has 1 aliphatic carbocycles. The van der Waals surface area contributed by atoms with E-state index in [4.69, 9.17) is 4.74 Å². The van der Waals surface area contributed by atoms with Crippen molar-refractivity contribution in [3.05, 3.63) is 0 Å². The van der Waals surface area contributed by atoms with E-state index < -0.39 is 0 Å². The summed E-state index contributed by atoms with van der Waals surface area (Å²) < 4.78 is 5.48. The van der Waals surface area contributed by atoms with Gasteiger partial charge >= 0.3 is 0 Å². The molecule has 1 atom stereocenters. The van der Waals surface area contributed by atoms with Gasteiger partial charge in [-0.2, -0.15) is 0 Å². The Morgan fingerprint density at radius 2 is 1.89 bits per heavy atom. The van der Waals surface area contributed by atoms with Crippen molar-refractivity contribution in [3.8, 4) is 0 Å². The summed E-state index contributed by atoms with van der Waals surface area (Å²) in [5.41, 5.74) is 0. The van der Waals surface area contributed by atoms with E-state index in [1.54, 1.807) is 0 Å². The molecule has 2 fully saturated rings. The van der Waals surface area contributed by atoms with Crippen LogP contribution in [0.15, 0.2) is 0 Å². The molecule has 1 saturated heterocycles. The molecule has 1 heterocycles. The highest BCUT2D eigenvalue weighted by molar-refractivity contribution is 4.81. The molecule has 3 heteroatoms. The summed E-state index contributed by atoms with van der Waals surface area (Å²) in [5, 5.41) is 0. The van der Waals surface area contributed by atoms with Gasteiger partial charge in [-0.15, -0.1) is 0 Å². The van der Waals surface area contributed by atoms with Crippen LogP contribution >= 0.6 is 0 Å². The Hall–Kier alpha value is -0.120. The van der Waals surface area contributed by atoms with Crippen LogP contribution in [-0.2, 0) is 4.74 Å². The quantitative estimate of drug-likeness (QED) is 0.689. The summed E-state index contributed by atoms with van der Waals surface area (Å²) >= 11 is 0. The summed E-state index contributed by atoms with van der Waals surface area (Å²) in [4.78, 5) is 5.30. The Labute approximate surface area is 119 Å². The zero-order valence-electron chi connectivity index (χ0n) is 12.9. The van der Waals surface area contributed by atoms with Gasteiger partial charge in [-0.25, -0.2) is 0 Å². The van der Waals surface area contributed by atoms with E-state index >= 15 is 0 Å². The first kappa shape index (κ1) is 15.3. The van der Waals surface area contributed by atoms with E-state index in [0.717, 1.165) is 25.7 Å². The maximum Gasteiger partial charge on any atom is 0.0593 e. The fraction of sp³-hybridized carbons (Fsp3) is 1.00. The van der Waals surface area contributed by atoms with Crippen molar-refractivity contribution < 1.29 is 4.74 Å². The first-order chi connectivity index (χ1) is 9.29. The van der Waals surface area contributed by atoms with Gasteiger partial charge in [0.15, 0.2) is 0 Å². The first-order valence-corrected chi connectivity index (χ1v) is 8.33. The Kier molecular flexibility index (Phi) is 6.62. The third-order valence-corrected chi connectivity index (χ3v) is 4.82. The average Bonchev–Trinajstić information content (AvgIpc) is 2.43. The third-order valence-electron chi connectivity index (χ3n) is 4.82. The molecular formula is C16H32N2O. The number of nitrogens with zero attached hydrogens (tertiary/aromatic N) is 2. The van der Waals surface area contributed by atoms with Gasteiger partial charge < -0.3 is 9.64 Å². The summed E-state index contributed by atoms with van der Waals surface area (Å²) in [6, 6.07) is 0.692. The van der Waals surface area contributed by atoms with E-state index in [0.29, 0.717) is 6.04 Å². The largest absolute Gasteiger partial charge is 0.380 e. The van der Waals surface area contributed by atoms with Crippen LogP contribution in [0.1, 0.15) is 46.0 Å². The number of hydrogen-bond donors (Lipinski definition) is 0. The minimum atomic E-state index is 0.692. The normalized spacial score (nSPS) is 27.8. The molecule has 3 nitrogen and oxygen atoms in total. The lowest BCUT2D eigenvalue weighted by molar-refractivity contribution is 0.0412. The lowest BCUT2D eigenvalue weighted by Gasteiger charge is -2.41. The molecular weight excluding hydrogens is 236 g/mol. The molecule has 0 radical (unpaired) electrons. The van der Waals surface area contributed by atoms with Crippen molar-refractivity contribution in [2.45, 2.75) is 52.0 Å². The van der Waals surface area contributed by atoms with Crippen molar-refractivity contribution in [2.75, 3.05) is 45.9 Å². The number of piperazine rings is 1. The van der Waals surface area contributed by atoms with Gasteiger partial charge in [0.2, 0.25) is 0 Å². The average molecular weight is 268 g/mol. The summed E-state index contributed by atoms with van der Waals surface area (Å²) in [6.07, 6.45) is 7.35. The predicted molar refractivity (Wildman–Crippen MR) is 80.5 cm³/mol. The highest BCUT2D eigenvalue weighted by atomic mass is 16.5. The standard InChI is InChI=1S/C16H32N2O/c1-3-19-12-11-18-10-9-17(13-15(18)2)14-16-7-5-4-6-8-16/h15-16H,3-14H2,1-2H3. The lowest BCUT2D eigenvalue weighted by atomic mass is 9.88. The van der Waals surface area contributed by atoms with Gasteiger partial charge in [-0.05, 0) is 32.6 Å². The molecule has 0 aromatic heterocycles.